The summed E-state index contributed by atoms with van der Waals surface area (Å²) < 4.78 is 22.5. The second-order valence-electron chi connectivity index (χ2n) is 6.85. The van der Waals surface area contributed by atoms with Crippen LogP contribution in [0.5, 0.6) is 17.2 Å². The average molecular weight is 474 g/mol. The third-order valence-electron chi connectivity index (χ3n) is 5.31. The lowest BCUT2D eigenvalue weighted by molar-refractivity contribution is -0.136. The summed E-state index contributed by atoms with van der Waals surface area (Å²) in [5.41, 5.74) is 2.38. The standard InChI is InChI=1S/C22H20BrNO6/c1-27-17-10-19(29-3)18(28-2)8-14(17)15-9-20(25)24(13-6-4-12(23)5-7-13)16-11-30-22(26)21(15)16/h4-8,10,15H,9,11H2,1-3H3/t15-/m1/s1. The third kappa shape index (κ3) is 3.31. The molecule has 30 heavy (non-hydrogen) atoms. The molecule has 0 bridgehead atoms. The summed E-state index contributed by atoms with van der Waals surface area (Å²) in [5, 5.41) is 0. The fourth-order valence-corrected chi connectivity index (χ4v) is 4.20. The Hall–Kier alpha value is -3.00. The summed E-state index contributed by atoms with van der Waals surface area (Å²) in [6, 6.07) is 10.8. The van der Waals surface area contributed by atoms with Crippen LogP contribution in [0, 0.1) is 0 Å². The summed E-state index contributed by atoms with van der Waals surface area (Å²) in [6.45, 7) is 0.0437. The number of hydrogen-bond donors (Lipinski definition) is 0. The van der Waals surface area contributed by atoms with Gasteiger partial charge in [0, 0.05) is 34.1 Å². The Bertz CT molecular complexity index is 1050. The Morgan fingerprint density at radius 2 is 1.60 bits per heavy atom. The number of cyclic esters (lactones) is 1. The molecule has 0 saturated carbocycles. The largest absolute Gasteiger partial charge is 0.496 e. The molecular weight excluding hydrogens is 454 g/mol. The number of nitrogens with zero attached hydrogens (tertiary/aromatic N) is 1. The number of amides is 1. The van der Waals surface area contributed by atoms with Gasteiger partial charge in [-0.25, -0.2) is 4.79 Å². The lowest BCUT2D eigenvalue weighted by atomic mass is 9.83. The van der Waals surface area contributed by atoms with Gasteiger partial charge in [0.2, 0.25) is 5.91 Å². The number of ether oxygens (including phenoxy) is 4. The zero-order valence-corrected chi connectivity index (χ0v) is 18.3. The van der Waals surface area contributed by atoms with E-state index in [1.807, 2.05) is 24.3 Å². The molecule has 8 heteroatoms. The molecule has 0 N–H and O–H groups in total. The van der Waals surface area contributed by atoms with Crippen LogP contribution in [0.1, 0.15) is 17.9 Å². The molecule has 7 nitrogen and oxygen atoms in total. The molecule has 2 aliphatic heterocycles. The first-order valence-electron chi connectivity index (χ1n) is 9.27. The molecule has 2 aromatic carbocycles. The fourth-order valence-electron chi connectivity index (χ4n) is 3.93. The molecule has 0 spiro atoms. The highest BCUT2D eigenvalue weighted by atomic mass is 79.9. The number of esters is 1. The minimum atomic E-state index is -0.510. The van der Waals surface area contributed by atoms with Gasteiger partial charge in [0.05, 0.1) is 32.6 Å². The summed E-state index contributed by atoms with van der Waals surface area (Å²) >= 11 is 3.40. The summed E-state index contributed by atoms with van der Waals surface area (Å²) in [5.74, 6) is 0.431. The molecule has 1 amide bonds. The van der Waals surface area contributed by atoms with Crippen molar-refractivity contribution in [1.29, 1.82) is 0 Å². The maximum Gasteiger partial charge on any atom is 0.336 e. The van der Waals surface area contributed by atoms with Gasteiger partial charge < -0.3 is 18.9 Å². The normalized spacial score (nSPS) is 18.3. The minimum absolute atomic E-state index is 0.0437. The molecule has 0 radical (unpaired) electrons. The molecule has 2 aromatic rings. The number of methoxy groups -OCH3 is 3. The van der Waals surface area contributed by atoms with Crippen LogP contribution in [-0.2, 0) is 14.3 Å². The van der Waals surface area contributed by atoms with Crippen molar-refractivity contribution < 1.29 is 28.5 Å². The van der Waals surface area contributed by atoms with E-state index < -0.39 is 11.9 Å². The van der Waals surface area contributed by atoms with Crippen LogP contribution < -0.4 is 19.1 Å². The van der Waals surface area contributed by atoms with Crippen LogP contribution >= 0.6 is 15.9 Å². The Morgan fingerprint density at radius 3 is 2.23 bits per heavy atom. The quantitative estimate of drug-likeness (QED) is 0.614. The van der Waals surface area contributed by atoms with Gasteiger partial charge in [-0.3, -0.25) is 9.69 Å². The van der Waals surface area contributed by atoms with E-state index in [0.29, 0.717) is 39.8 Å². The number of anilines is 1. The molecule has 0 aromatic heterocycles. The van der Waals surface area contributed by atoms with Crippen LogP contribution in [0.25, 0.3) is 0 Å². The molecule has 1 atom stereocenters. The zero-order chi connectivity index (χ0) is 21.4. The van der Waals surface area contributed by atoms with Crippen LogP contribution in [0.2, 0.25) is 0 Å². The lowest BCUT2D eigenvalue weighted by Gasteiger charge is -2.32. The van der Waals surface area contributed by atoms with E-state index in [-0.39, 0.29) is 18.9 Å². The van der Waals surface area contributed by atoms with Gasteiger partial charge in [0.15, 0.2) is 11.5 Å². The van der Waals surface area contributed by atoms with Crippen molar-refractivity contribution in [3.8, 4) is 17.2 Å². The smallest absolute Gasteiger partial charge is 0.336 e. The monoisotopic (exact) mass is 473 g/mol. The van der Waals surface area contributed by atoms with Crippen LogP contribution in [0.15, 0.2) is 52.1 Å². The highest BCUT2D eigenvalue weighted by Gasteiger charge is 2.44. The molecule has 156 valence electrons. The first-order valence-corrected chi connectivity index (χ1v) is 10.1. The van der Waals surface area contributed by atoms with Gasteiger partial charge in [0.25, 0.3) is 0 Å². The Kier molecular flexibility index (Phi) is 5.42. The van der Waals surface area contributed by atoms with Crippen LogP contribution in [0.4, 0.5) is 5.69 Å². The van der Waals surface area contributed by atoms with E-state index in [4.69, 9.17) is 18.9 Å². The van der Waals surface area contributed by atoms with Gasteiger partial charge >= 0.3 is 5.97 Å². The maximum absolute atomic E-state index is 13.2. The van der Waals surface area contributed by atoms with Crippen molar-refractivity contribution in [3.05, 3.63) is 57.7 Å². The highest BCUT2D eigenvalue weighted by Crippen LogP contribution is 2.47. The van der Waals surface area contributed by atoms with Crippen molar-refractivity contribution in [3.63, 3.8) is 0 Å². The average Bonchev–Trinajstić information content (AvgIpc) is 3.14. The summed E-state index contributed by atoms with van der Waals surface area (Å²) in [6.07, 6.45) is 0.0931. The number of rotatable bonds is 5. The number of halogens is 1. The molecule has 4 rings (SSSR count). The van der Waals surface area contributed by atoms with E-state index in [2.05, 4.69) is 15.9 Å². The van der Waals surface area contributed by atoms with Crippen molar-refractivity contribution in [2.75, 3.05) is 32.8 Å². The Labute approximate surface area is 182 Å². The van der Waals surface area contributed by atoms with Gasteiger partial charge in [-0.1, -0.05) is 15.9 Å². The van der Waals surface area contributed by atoms with E-state index in [1.54, 1.807) is 17.0 Å². The van der Waals surface area contributed by atoms with Gasteiger partial charge in [-0.2, -0.15) is 0 Å². The predicted octanol–water partition coefficient (Wildman–Crippen LogP) is 3.81. The van der Waals surface area contributed by atoms with Crippen LogP contribution in [-0.4, -0.2) is 39.8 Å². The second kappa shape index (κ2) is 8.02. The van der Waals surface area contributed by atoms with Gasteiger partial charge in [-0.05, 0) is 30.3 Å². The second-order valence-corrected chi connectivity index (χ2v) is 7.76. The molecule has 0 fully saturated rings. The van der Waals surface area contributed by atoms with Crippen LogP contribution in [0.3, 0.4) is 0 Å². The zero-order valence-electron chi connectivity index (χ0n) is 16.7. The minimum Gasteiger partial charge on any atom is -0.496 e. The summed E-state index contributed by atoms with van der Waals surface area (Å²) in [4.78, 5) is 27.5. The molecular formula is C22H20BrNO6. The predicted molar refractivity (Wildman–Crippen MR) is 113 cm³/mol. The molecule has 0 aliphatic carbocycles. The molecule has 2 heterocycles. The van der Waals surface area contributed by atoms with E-state index in [0.717, 1.165) is 4.47 Å². The first-order chi connectivity index (χ1) is 14.5. The van der Waals surface area contributed by atoms with E-state index in [9.17, 15) is 9.59 Å². The van der Waals surface area contributed by atoms with Crippen molar-refractivity contribution in [2.24, 2.45) is 0 Å². The fraction of sp³-hybridized carbons (Fsp3) is 0.273. The number of carbonyl (C=O) groups excluding carboxylic acids is 2. The molecule has 0 unspecified atom stereocenters. The van der Waals surface area contributed by atoms with Gasteiger partial charge in [-0.15, -0.1) is 0 Å². The van der Waals surface area contributed by atoms with Crippen molar-refractivity contribution >= 4 is 33.5 Å². The van der Waals surface area contributed by atoms with Crippen molar-refractivity contribution in [2.45, 2.75) is 12.3 Å². The van der Waals surface area contributed by atoms with Crippen molar-refractivity contribution in [1.82, 2.24) is 0 Å². The van der Waals surface area contributed by atoms with Gasteiger partial charge in [0.1, 0.15) is 12.4 Å². The number of benzene rings is 2. The van der Waals surface area contributed by atoms with E-state index in [1.165, 1.54) is 21.3 Å². The number of carbonyl (C=O) groups is 2. The van der Waals surface area contributed by atoms with E-state index >= 15 is 0 Å². The maximum atomic E-state index is 13.2. The number of hydrogen-bond acceptors (Lipinski definition) is 6. The lowest BCUT2D eigenvalue weighted by Crippen LogP contribution is -2.37. The molecule has 0 saturated heterocycles. The SMILES string of the molecule is COc1cc(OC)c([C@H]2CC(=O)N(c3ccc(Br)cc3)C3=C2C(=O)OC3)cc1OC. The topological polar surface area (TPSA) is 74.3 Å². The Balaban J connectivity index is 1.86. The highest BCUT2D eigenvalue weighted by molar-refractivity contribution is 9.10. The summed E-state index contributed by atoms with van der Waals surface area (Å²) in [7, 11) is 4.60. The first kappa shape index (κ1) is 20.3. The Morgan fingerprint density at radius 1 is 0.967 bits per heavy atom. The third-order valence-corrected chi connectivity index (χ3v) is 5.84. The molecule has 2 aliphatic rings.